The van der Waals surface area contributed by atoms with Crippen LogP contribution < -0.4 is 48.7 Å². The summed E-state index contributed by atoms with van der Waals surface area (Å²) in [5, 5.41) is 77.4. The van der Waals surface area contributed by atoms with Crippen molar-refractivity contribution in [1.29, 1.82) is 10.8 Å². The molecule has 0 bridgehead atoms. The van der Waals surface area contributed by atoms with Gasteiger partial charge < -0.3 is 57.4 Å². The number of aldehydes is 1. The monoisotopic (exact) mass is 649 g/mol. The van der Waals surface area contributed by atoms with Crippen LogP contribution in [-0.2, 0) is 9.53 Å². The molecule has 0 aromatic rings. The number of guanidine groups is 2. The molecule has 264 valence electrons. The molecule has 4 unspecified atom stereocenters. The van der Waals surface area contributed by atoms with Crippen molar-refractivity contribution >= 4 is 24.3 Å². The van der Waals surface area contributed by atoms with Crippen LogP contribution in [0.1, 0.15) is 66.7 Å². The molecule has 0 aliphatic heterocycles. The van der Waals surface area contributed by atoms with Gasteiger partial charge in [-0.3, -0.25) is 32.1 Å². The van der Waals surface area contributed by atoms with Gasteiger partial charge in [0.2, 0.25) is 0 Å². The summed E-state index contributed by atoms with van der Waals surface area (Å²) in [6.07, 6.45) is -3.23. The van der Waals surface area contributed by atoms with Gasteiger partial charge in [0.25, 0.3) is 0 Å². The normalized spacial score (nSPS) is 16.5. The predicted molar refractivity (Wildman–Crippen MR) is 171 cm³/mol. The lowest BCUT2D eigenvalue weighted by Gasteiger charge is -2.35. The first kappa shape index (κ1) is 42.2. The fraction of sp³-hybridized carbons (Fsp3) is 0.852. The van der Waals surface area contributed by atoms with E-state index in [0.29, 0.717) is 45.1 Å². The standard InChI is InChI=1S/C27H59N11O7/c1-16(2)14-19(37-22(42)18(9-7-11-34-25(30)31)38-26(44)45-27(3,4)5)23(43)36-17(8-6-10-33-24(28)29)21(41)35-15-20(40)32-12-13-39/h13,16-23,32,35-37,40-43H,6-12,14-15H2,1-5H3,(H,38,44)(H4,28,29,33)(H4,30,31,34)/t17-,18-,19+,20?,21?,22?,23?/m0/s1. The Morgan fingerprint density at radius 3 is 1.84 bits per heavy atom. The summed E-state index contributed by atoms with van der Waals surface area (Å²) >= 11 is 0. The Balaban J connectivity index is 5.75. The molecule has 0 aliphatic carbocycles. The minimum atomic E-state index is -1.32. The average Bonchev–Trinajstić information content (AvgIpc) is 2.91. The fourth-order valence-electron chi connectivity index (χ4n) is 4.29. The van der Waals surface area contributed by atoms with Crippen LogP contribution in [0.4, 0.5) is 4.79 Å². The van der Waals surface area contributed by atoms with Gasteiger partial charge >= 0.3 is 6.09 Å². The summed E-state index contributed by atoms with van der Waals surface area (Å²) in [6.45, 7) is 9.51. The molecule has 0 rings (SSSR count). The number of alkyl carbamates (subject to hydrolysis) is 1. The molecule has 1 amide bonds. The Kier molecular flexibility index (Phi) is 21.2. The van der Waals surface area contributed by atoms with E-state index in [4.69, 9.17) is 27.0 Å². The summed E-state index contributed by atoms with van der Waals surface area (Å²) in [4.78, 5) is 23.1. The van der Waals surface area contributed by atoms with Crippen LogP contribution in [0.3, 0.4) is 0 Å². The third-order valence-electron chi connectivity index (χ3n) is 6.31. The Hall–Kier alpha value is -2.84. The first-order chi connectivity index (χ1) is 20.9. The van der Waals surface area contributed by atoms with Crippen LogP contribution >= 0.6 is 0 Å². The molecule has 0 fully saturated rings. The number of carbonyl (C=O) groups excluding carboxylic acids is 2. The zero-order chi connectivity index (χ0) is 34.6. The van der Waals surface area contributed by atoms with E-state index >= 15 is 0 Å². The molecular formula is C27H59N11O7. The highest BCUT2D eigenvalue weighted by molar-refractivity contribution is 5.74. The molecule has 0 aliphatic rings. The second kappa shape index (κ2) is 22.6. The molecule has 0 heterocycles. The van der Waals surface area contributed by atoms with Crippen LogP contribution in [0.15, 0.2) is 0 Å². The lowest BCUT2D eigenvalue weighted by molar-refractivity contribution is -0.107. The van der Waals surface area contributed by atoms with E-state index in [1.807, 2.05) is 13.8 Å². The van der Waals surface area contributed by atoms with Crippen molar-refractivity contribution in [1.82, 2.24) is 37.2 Å². The highest BCUT2D eigenvalue weighted by atomic mass is 16.6. The van der Waals surface area contributed by atoms with Crippen molar-refractivity contribution in [2.45, 2.75) is 115 Å². The molecular weight excluding hydrogens is 590 g/mol. The zero-order valence-corrected chi connectivity index (χ0v) is 27.2. The summed E-state index contributed by atoms with van der Waals surface area (Å²) in [7, 11) is 0. The van der Waals surface area contributed by atoms with Gasteiger partial charge in [0, 0.05) is 31.7 Å². The number of nitrogens with one attached hydrogen (secondary N) is 9. The van der Waals surface area contributed by atoms with Crippen molar-refractivity contribution in [2.24, 2.45) is 17.4 Å². The van der Waals surface area contributed by atoms with Crippen LogP contribution in [0, 0.1) is 16.7 Å². The number of aliphatic hydroxyl groups excluding tert-OH is 4. The van der Waals surface area contributed by atoms with Crippen molar-refractivity contribution in [3.63, 3.8) is 0 Å². The number of hydrogen-bond acceptors (Lipinski definition) is 13. The number of nitrogens with two attached hydrogens (primary N) is 2. The number of amides is 1. The zero-order valence-electron chi connectivity index (χ0n) is 27.2. The van der Waals surface area contributed by atoms with Crippen molar-refractivity contribution in [3.05, 3.63) is 0 Å². The smallest absolute Gasteiger partial charge is 0.408 e. The van der Waals surface area contributed by atoms with E-state index in [0.717, 1.165) is 0 Å². The maximum Gasteiger partial charge on any atom is 0.408 e. The van der Waals surface area contributed by atoms with E-state index in [9.17, 15) is 30.0 Å². The van der Waals surface area contributed by atoms with Gasteiger partial charge in [0.05, 0.1) is 12.6 Å². The minimum Gasteiger partial charge on any atom is -0.444 e. The SMILES string of the molecule is CC(C)C[C@@H](NC(O)[C@H](CCCNC(=N)N)NC(=O)OC(C)(C)C)C(O)N[C@@H](CCCNC(=N)N)C(O)NCC(O)NCC=O. The van der Waals surface area contributed by atoms with Gasteiger partial charge in [-0.25, -0.2) is 4.79 Å². The van der Waals surface area contributed by atoms with Gasteiger partial charge in [-0.2, -0.15) is 0 Å². The highest BCUT2D eigenvalue weighted by Gasteiger charge is 2.31. The van der Waals surface area contributed by atoms with E-state index in [1.165, 1.54) is 0 Å². The van der Waals surface area contributed by atoms with E-state index in [-0.39, 0.29) is 37.3 Å². The van der Waals surface area contributed by atoms with Gasteiger partial charge in [-0.15, -0.1) is 0 Å². The molecule has 7 atom stereocenters. The average molecular weight is 650 g/mol. The van der Waals surface area contributed by atoms with E-state index in [1.54, 1.807) is 20.8 Å². The van der Waals surface area contributed by atoms with Crippen LogP contribution in [0.25, 0.3) is 0 Å². The fourth-order valence-corrected chi connectivity index (χ4v) is 4.29. The maximum absolute atomic E-state index is 12.6. The maximum atomic E-state index is 12.6. The van der Waals surface area contributed by atoms with Crippen molar-refractivity contribution in [2.75, 3.05) is 26.2 Å². The molecule has 0 saturated carbocycles. The van der Waals surface area contributed by atoms with E-state index < -0.39 is 54.7 Å². The number of hydrogen-bond donors (Lipinski definition) is 15. The first-order valence-corrected chi connectivity index (χ1v) is 15.2. The van der Waals surface area contributed by atoms with Crippen LogP contribution in [0.2, 0.25) is 0 Å². The topological polar surface area (TPSA) is 308 Å². The van der Waals surface area contributed by atoms with Gasteiger partial charge in [0.1, 0.15) is 36.8 Å². The molecule has 0 aromatic carbocycles. The first-order valence-electron chi connectivity index (χ1n) is 15.2. The summed E-state index contributed by atoms with van der Waals surface area (Å²) in [6, 6.07) is -2.34. The van der Waals surface area contributed by atoms with Gasteiger partial charge in [-0.05, 0) is 58.8 Å². The largest absolute Gasteiger partial charge is 0.444 e. The Morgan fingerprint density at radius 1 is 0.844 bits per heavy atom. The molecule has 0 radical (unpaired) electrons. The summed E-state index contributed by atoms with van der Waals surface area (Å²) in [5.74, 6) is -0.334. The Labute approximate surface area is 266 Å². The third-order valence-corrected chi connectivity index (χ3v) is 6.31. The minimum absolute atomic E-state index is 0.0715. The lowest BCUT2D eigenvalue weighted by atomic mass is 10.00. The third kappa shape index (κ3) is 22.3. The molecule has 17 N–H and O–H groups in total. The molecule has 0 spiro atoms. The predicted octanol–water partition coefficient (Wildman–Crippen LogP) is -2.98. The Morgan fingerprint density at radius 2 is 1.36 bits per heavy atom. The van der Waals surface area contributed by atoms with Crippen LogP contribution in [-0.4, -0.2) is 120 Å². The Bertz CT molecular complexity index is 863. The summed E-state index contributed by atoms with van der Waals surface area (Å²) < 4.78 is 5.36. The number of carbonyl (C=O) groups is 2. The summed E-state index contributed by atoms with van der Waals surface area (Å²) in [5.41, 5.74) is 9.93. The highest BCUT2D eigenvalue weighted by Crippen LogP contribution is 2.14. The molecule has 18 nitrogen and oxygen atoms in total. The molecule has 18 heteroatoms. The van der Waals surface area contributed by atoms with Crippen molar-refractivity contribution < 1.29 is 34.8 Å². The quantitative estimate of drug-likeness (QED) is 0.0163. The van der Waals surface area contributed by atoms with Gasteiger partial charge in [0.15, 0.2) is 11.9 Å². The van der Waals surface area contributed by atoms with Gasteiger partial charge in [-0.1, -0.05) is 13.8 Å². The number of aliphatic hydroxyl groups is 4. The van der Waals surface area contributed by atoms with Crippen molar-refractivity contribution in [3.8, 4) is 0 Å². The number of ether oxygens (including phenoxy) is 1. The second-order valence-corrected chi connectivity index (χ2v) is 12.2. The lowest BCUT2D eigenvalue weighted by Crippen LogP contribution is -2.61. The van der Waals surface area contributed by atoms with E-state index in [2.05, 4.69) is 37.2 Å². The number of rotatable bonds is 24. The van der Waals surface area contributed by atoms with Crippen LogP contribution in [0.5, 0.6) is 0 Å². The second-order valence-electron chi connectivity index (χ2n) is 12.2. The molecule has 0 aromatic heterocycles. The molecule has 0 saturated heterocycles. The molecule has 45 heavy (non-hydrogen) atoms.